The van der Waals surface area contributed by atoms with Crippen LogP contribution in [0.5, 0.6) is 0 Å². The zero-order chi connectivity index (χ0) is 11.5. The monoisotopic (exact) mass is 334 g/mol. The van der Waals surface area contributed by atoms with E-state index in [2.05, 4.69) is 9.84 Å². The van der Waals surface area contributed by atoms with Gasteiger partial charge in [0, 0.05) is 9.64 Å². The number of nitrogens with zero attached hydrogens (tertiary/aromatic N) is 2. The molecule has 4 nitrogen and oxygen atoms in total. The van der Waals surface area contributed by atoms with E-state index in [0.29, 0.717) is 3.57 Å². The average molecular weight is 334 g/mol. The second kappa shape index (κ2) is 4.92. The molecule has 1 aromatic heterocycles. The van der Waals surface area contributed by atoms with Gasteiger partial charge in [0.2, 0.25) is 0 Å². The summed E-state index contributed by atoms with van der Waals surface area (Å²) in [5.74, 6) is 0. The molecule has 8 heteroatoms. The van der Waals surface area contributed by atoms with E-state index in [-0.39, 0.29) is 6.54 Å². The Morgan fingerprint density at radius 2 is 2.20 bits per heavy atom. The standard InChI is InChI=1S/C7H6F3IN2O2/c8-7(9,10)15-2-1-13-6(14)3-5(11)4-12-13/h3-4H,1-2H2. The van der Waals surface area contributed by atoms with Crippen molar-refractivity contribution in [2.24, 2.45) is 0 Å². The summed E-state index contributed by atoms with van der Waals surface area (Å²) >= 11 is 1.89. The van der Waals surface area contributed by atoms with Gasteiger partial charge >= 0.3 is 6.36 Å². The lowest BCUT2D eigenvalue weighted by Gasteiger charge is -2.07. The fourth-order valence-corrected chi connectivity index (χ4v) is 1.22. The van der Waals surface area contributed by atoms with Gasteiger partial charge in [0.1, 0.15) is 0 Å². The van der Waals surface area contributed by atoms with Crippen LogP contribution in [0.3, 0.4) is 0 Å². The SMILES string of the molecule is O=c1cc(I)cnn1CCOC(F)(F)F. The van der Waals surface area contributed by atoms with Crippen molar-refractivity contribution >= 4 is 22.6 Å². The number of rotatable bonds is 3. The summed E-state index contributed by atoms with van der Waals surface area (Å²) in [5, 5.41) is 3.65. The lowest BCUT2D eigenvalue weighted by Crippen LogP contribution is -2.26. The van der Waals surface area contributed by atoms with Crippen molar-refractivity contribution in [2.75, 3.05) is 6.61 Å². The highest BCUT2D eigenvalue weighted by molar-refractivity contribution is 14.1. The zero-order valence-corrected chi connectivity index (χ0v) is 9.45. The Labute approximate surface area is 96.2 Å². The summed E-state index contributed by atoms with van der Waals surface area (Å²) in [6.45, 7) is -0.855. The van der Waals surface area contributed by atoms with Crippen LogP contribution < -0.4 is 5.56 Å². The van der Waals surface area contributed by atoms with Crippen molar-refractivity contribution in [1.82, 2.24) is 9.78 Å². The first-order valence-corrected chi connectivity index (χ1v) is 4.90. The number of hydrogen-bond acceptors (Lipinski definition) is 3. The topological polar surface area (TPSA) is 44.1 Å². The minimum atomic E-state index is -4.67. The molecule has 0 fully saturated rings. The normalized spacial score (nSPS) is 11.7. The van der Waals surface area contributed by atoms with Crippen molar-refractivity contribution in [2.45, 2.75) is 12.9 Å². The van der Waals surface area contributed by atoms with E-state index in [1.807, 2.05) is 22.6 Å². The number of ether oxygens (including phenoxy) is 1. The maximum absolute atomic E-state index is 11.6. The van der Waals surface area contributed by atoms with E-state index in [1.54, 1.807) is 0 Å². The lowest BCUT2D eigenvalue weighted by molar-refractivity contribution is -0.325. The minimum Gasteiger partial charge on any atom is -0.290 e. The molecule has 0 bridgehead atoms. The second-order valence-electron chi connectivity index (χ2n) is 2.53. The van der Waals surface area contributed by atoms with Crippen LogP contribution in [-0.2, 0) is 11.3 Å². The molecular formula is C7H6F3IN2O2. The molecule has 0 radical (unpaired) electrons. The number of halogens is 4. The van der Waals surface area contributed by atoms with E-state index >= 15 is 0 Å². The molecule has 0 aliphatic carbocycles. The zero-order valence-electron chi connectivity index (χ0n) is 7.29. The Balaban J connectivity index is 2.55. The van der Waals surface area contributed by atoms with Crippen molar-refractivity contribution in [1.29, 1.82) is 0 Å². The third-order valence-corrected chi connectivity index (χ3v) is 1.99. The third kappa shape index (κ3) is 4.60. The molecule has 0 spiro atoms. The van der Waals surface area contributed by atoms with Gasteiger partial charge < -0.3 is 0 Å². The van der Waals surface area contributed by atoms with Crippen molar-refractivity contribution in [3.8, 4) is 0 Å². The molecule has 0 unspecified atom stereocenters. The van der Waals surface area contributed by atoms with E-state index in [4.69, 9.17) is 0 Å². The van der Waals surface area contributed by atoms with E-state index in [9.17, 15) is 18.0 Å². The maximum Gasteiger partial charge on any atom is 0.522 e. The number of hydrogen-bond donors (Lipinski definition) is 0. The molecule has 0 aliphatic heterocycles. The van der Waals surface area contributed by atoms with Crippen LogP contribution in [-0.4, -0.2) is 22.7 Å². The molecule has 15 heavy (non-hydrogen) atoms. The molecule has 0 aromatic carbocycles. The van der Waals surface area contributed by atoms with E-state index in [0.717, 1.165) is 4.68 Å². The first-order chi connectivity index (χ1) is 6.88. The maximum atomic E-state index is 11.6. The third-order valence-electron chi connectivity index (χ3n) is 1.41. The predicted octanol–water partition coefficient (Wildman–Crippen LogP) is 1.38. The van der Waals surface area contributed by atoms with Gasteiger partial charge in [-0.3, -0.25) is 9.53 Å². The fourth-order valence-electron chi connectivity index (χ4n) is 0.827. The van der Waals surface area contributed by atoms with E-state index in [1.165, 1.54) is 12.3 Å². The molecule has 1 aromatic rings. The van der Waals surface area contributed by atoms with Gasteiger partial charge in [0.15, 0.2) is 0 Å². The highest BCUT2D eigenvalue weighted by Crippen LogP contribution is 2.15. The van der Waals surface area contributed by atoms with Gasteiger partial charge in [-0.1, -0.05) is 0 Å². The van der Waals surface area contributed by atoms with Gasteiger partial charge in [0.05, 0.1) is 19.3 Å². The van der Waals surface area contributed by atoms with E-state index < -0.39 is 18.5 Å². The molecule has 1 heterocycles. The average Bonchev–Trinajstić information content (AvgIpc) is 2.07. The van der Waals surface area contributed by atoms with Crippen LogP contribution in [0.1, 0.15) is 0 Å². The Kier molecular flexibility index (Phi) is 4.08. The molecule has 0 atom stereocenters. The summed E-state index contributed by atoms with van der Waals surface area (Å²) in [7, 11) is 0. The predicted molar refractivity (Wildman–Crippen MR) is 53.2 cm³/mol. The van der Waals surface area contributed by atoms with Crippen molar-refractivity contribution in [3.05, 3.63) is 26.2 Å². The van der Waals surface area contributed by atoms with Crippen LogP contribution >= 0.6 is 22.6 Å². The fraction of sp³-hybridized carbons (Fsp3) is 0.429. The van der Waals surface area contributed by atoms with Gasteiger partial charge in [-0.2, -0.15) is 5.10 Å². The van der Waals surface area contributed by atoms with Gasteiger partial charge in [-0.15, -0.1) is 13.2 Å². The summed E-state index contributed by atoms with van der Waals surface area (Å²) in [4.78, 5) is 11.2. The first kappa shape index (κ1) is 12.4. The van der Waals surface area contributed by atoms with Gasteiger partial charge in [-0.25, -0.2) is 4.68 Å². The van der Waals surface area contributed by atoms with Gasteiger partial charge in [-0.05, 0) is 22.6 Å². The highest BCUT2D eigenvalue weighted by Gasteiger charge is 2.28. The number of alkyl halides is 3. The Morgan fingerprint density at radius 1 is 1.53 bits per heavy atom. The molecule has 0 N–H and O–H groups in total. The minimum absolute atomic E-state index is 0.227. The number of aromatic nitrogens is 2. The van der Waals surface area contributed by atoms with Crippen LogP contribution in [0.15, 0.2) is 17.1 Å². The second-order valence-corrected chi connectivity index (χ2v) is 3.78. The Hall–Kier alpha value is -0.640. The molecular weight excluding hydrogens is 328 g/mol. The molecule has 84 valence electrons. The van der Waals surface area contributed by atoms with Crippen LogP contribution in [0.4, 0.5) is 13.2 Å². The van der Waals surface area contributed by atoms with Crippen LogP contribution in [0, 0.1) is 3.57 Å². The van der Waals surface area contributed by atoms with Crippen LogP contribution in [0.25, 0.3) is 0 Å². The summed E-state index contributed by atoms with van der Waals surface area (Å²) < 4.78 is 39.8. The molecule has 0 amide bonds. The van der Waals surface area contributed by atoms with Crippen molar-refractivity contribution in [3.63, 3.8) is 0 Å². The largest absolute Gasteiger partial charge is 0.522 e. The first-order valence-electron chi connectivity index (χ1n) is 3.82. The molecule has 0 saturated carbocycles. The highest BCUT2D eigenvalue weighted by atomic mass is 127. The van der Waals surface area contributed by atoms with Gasteiger partial charge in [0.25, 0.3) is 5.56 Å². The quantitative estimate of drug-likeness (QED) is 0.785. The summed E-state index contributed by atoms with van der Waals surface area (Å²) in [6, 6.07) is 1.28. The molecule has 0 saturated heterocycles. The van der Waals surface area contributed by atoms with Crippen LogP contribution in [0.2, 0.25) is 0 Å². The Morgan fingerprint density at radius 3 is 2.73 bits per heavy atom. The Bertz CT molecular complexity index is 391. The molecule has 1 rings (SSSR count). The smallest absolute Gasteiger partial charge is 0.290 e. The molecule has 0 aliphatic rings. The summed E-state index contributed by atoms with van der Waals surface area (Å²) in [5.41, 5.74) is -0.451. The van der Waals surface area contributed by atoms with Crippen molar-refractivity contribution < 1.29 is 17.9 Å². The summed E-state index contributed by atoms with van der Waals surface area (Å²) in [6.07, 6.45) is -3.29. The lowest BCUT2D eigenvalue weighted by atomic mass is 10.5.